The number of rotatable bonds is 3. The van der Waals surface area contributed by atoms with Gasteiger partial charge in [0.15, 0.2) is 14.9 Å². The van der Waals surface area contributed by atoms with Crippen molar-refractivity contribution in [2.75, 3.05) is 18.1 Å². The molecule has 2 atom stereocenters. The average Bonchev–Trinajstić information content (AvgIpc) is 3.08. The van der Waals surface area contributed by atoms with E-state index in [9.17, 15) is 8.42 Å². The maximum atomic E-state index is 11.8. The van der Waals surface area contributed by atoms with Crippen molar-refractivity contribution in [2.45, 2.75) is 18.5 Å². The monoisotopic (exact) mass is 335 g/mol. The first kappa shape index (κ1) is 14.0. The Morgan fingerprint density at radius 1 is 1.27 bits per heavy atom. The van der Waals surface area contributed by atoms with Crippen LogP contribution in [0.1, 0.15) is 5.56 Å². The van der Waals surface area contributed by atoms with Gasteiger partial charge in [0.2, 0.25) is 0 Å². The molecule has 4 rings (SSSR count). The number of para-hydroxylation sites is 1. The minimum Gasteiger partial charge on any atom is -0.361 e. The number of sulfone groups is 1. The molecule has 22 heavy (non-hydrogen) atoms. The van der Waals surface area contributed by atoms with Crippen molar-refractivity contribution in [3.63, 3.8) is 0 Å². The highest BCUT2D eigenvalue weighted by molar-refractivity contribution is 7.91. The van der Waals surface area contributed by atoms with E-state index < -0.39 is 9.84 Å². The summed E-state index contributed by atoms with van der Waals surface area (Å²) in [7, 11) is -2.94. The second kappa shape index (κ2) is 4.96. The van der Waals surface area contributed by atoms with E-state index in [4.69, 9.17) is 12.2 Å². The Balaban J connectivity index is 1.53. The molecule has 2 saturated heterocycles. The summed E-state index contributed by atoms with van der Waals surface area (Å²) in [4.78, 5) is 5.32. The number of hydrogen-bond donors (Lipinski definition) is 2. The lowest BCUT2D eigenvalue weighted by Gasteiger charge is -2.22. The highest BCUT2D eigenvalue weighted by Crippen LogP contribution is 2.25. The first-order chi connectivity index (χ1) is 10.5. The van der Waals surface area contributed by atoms with Crippen LogP contribution in [0.2, 0.25) is 0 Å². The Hall–Kier alpha value is -1.60. The van der Waals surface area contributed by atoms with Crippen LogP contribution in [-0.2, 0) is 16.3 Å². The molecule has 0 spiro atoms. The standard InChI is InChI=1S/C15H17N3O2S2/c19-22(20)8-13-14(9-22)18(15(21)17-13)6-5-10-7-16-12-4-2-1-3-11(10)12/h1-4,7,13-14,16H,5-6,8-9H2,(H,17,21)/t13-,14+/m0/s1. The molecule has 0 unspecified atom stereocenters. The molecule has 0 bridgehead atoms. The van der Waals surface area contributed by atoms with E-state index >= 15 is 0 Å². The summed E-state index contributed by atoms with van der Waals surface area (Å²) in [6.07, 6.45) is 2.87. The highest BCUT2D eigenvalue weighted by atomic mass is 32.2. The molecule has 3 heterocycles. The normalized spacial score (nSPS) is 26.4. The van der Waals surface area contributed by atoms with Crippen LogP contribution >= 0.6 is 12.2 Å². The van der Waals surface area contributed by atoms with Crippen molar-refractivity contribution in [2.24, 2.45) is 0 Å². The van der Waals surface area contributed by atoms with Gasteiger partial charge < -0.3 is 15.2 Å². The van der Waals surface area contributed by atoms with E-state index in [1.807, 2.05) is 23.2 Å². The molecule has 2 N–H and O–H groups in total. The molecule has 5 nitrogen and oxygen atoms in total. The van der Waals surface area contributed by atoms with Gasteiger partial charge in [0, 0.05) is 23.6 Å². The minimum absolute atomic E-state index is 0.0114. The van der Waals surface area contributed by atoms with E-state index in [1.165, 1.54) is 10.9 Å². The van der Waals surface area contributed by atoms with Gasteiger partial charge in [0.1, 0.15) is 0 Å². The van der Waals surface area contributed by atoms with Gasteiger partial charge in [-0.25, -0.2) is 8.42 Å². The van der Waals surface area contributed by atoms with Crippen molar-refractivity contribution in [3.05, 3.63) is 36.0 Å². The van der Waals surface area contributed by atoms with Gasteiger partial charge in [-0.2, -0.15) is 0 Å². The summed E-state index contributed by atoms with van der Waals surface area (Å²) in [5.74, 6) is 0.403. The number of nitrogens with one attached hydrogen (secondary N) is 2. The predicted molar refractivity (Wildman–Crippen MR) is 90.7 cm³/mol. The number of aromatic amines is 1. The molecule has 2 aliphatic heterocycles. The molecule has 2 aliphatic rings. The number of hydrogen-bond acceptors (Lipinski definition) is 3. The zero-order valence-corrected chi connectivity index (χ0v) is 13.6. The number of benzene rings is 1. The third kappa shape index (κ3) is 2.28. The second-order valence-corrected chi connectivity index (χ2v) is 8.54. The zero-order valence-electron chi connectivity index (χ0n) is 12.0. The molecule has 2 fully saturated rings. The van der Waals surface area contributed by atoms with Gasteiger partial charge in [0.05, 0.1) is 23.6 Å². The van der Waals surface area contributed by atoms with E-state index in [1.54, 1.807) is 0 Å². The lowest BCUT2D eigenvalue weighted by Crippen LogP contribution is -2.38. The molecule has 0 amide bonds. The van der Waals surface area contributed by atoms with E-state index in [0.29, 0.717) is 5.11 Å². The van der Waals surface area contributed by atoms with Crippen LogP contribution in [-0.4, -0.2) is 53.5 Å². The van der Waals surface area contributed by atoms with Gasteiger partial charge in [0.25, 0.3) is 0 Å². The van der Waals surface area contributed by atoms with E-state index in [-0.39, 0.29) is 23.6 Å². The fourth-order valence-corrected chi connectivity index (χ4v) is 5.81. The Labute approximate surface area is 134 Å². The molecule has 7 heteroatoms. The number of nitrogens with zero attached hydrogens (tertiary/aromatic N) is 1. The van der Waals surface area contributed by atoms with Crippen LogP contribution in [0.25, 0.3) is 10.9 Å². The molecule has 2 aromatic rings. The van der Waals surface area contributed by atoms with Crippen LogP contribution < -0.4 is 5.32 Å². The van der Waals surface area contributed by atoms with Crippen LogP contribution in [0.4, 0.5) is 0 Å². The van der Waals surface area contributed by atoms with Gasteiger partial charge in [-0.1, -0.05) is 18.2 Å². The Morgan fingerprint density at radius 2 is 2.09 bits per heavy atom. The fraction of sp³-hybridized carbons (Fsp3) is 0.400. The van der Waals surface area contributed by atoms with Gasteiger partial charge >= 0.3 is 0 Å². The zero-order chi connectivity index (χ0) is 15.3. The molecule has 0 aliphatic carbocycles. The minimum atomic E-state index is -2.94. The first-order valence-corrected chi connectivity index (χ1v) is 9.59. The Bertz CT molecular complexity index is 843. The maximum Gasteiger partial charge on any atom is 0.169 e. The lowest BCUT2D eigenvalue weighted by atomic mass is 10.1. The van der Waals surface area contributed by atoms with Gasteiger partial charge in [-0.15, -0.1) is 0 Å². The molecular formula is C15H17N3O2S2. The van der Waals surface area contributed by atoms with Crippen molar-refractivity contribution in [1.82, 2.24) is 15.2 Å². The summed E-state index contributed by atoms with van der Waals surface area (Å²) in [6, 6.07) is 8.14. The first-order valence-electron chi connectivity index (χ1n) is 7.36. The number of thiocarbonyl (C=S) groups is 1. The largest absolute Gasteiger partial charge is 0.361 e. The van der Waals surface area contributed by atoms with E-state index in [0.717, 1.165) is 18.5 Å². The van der Waals surface area contributed by atoms with Crippen molar-refractivity contribution >= 4 is 38.1 Å². The van der Waals surface area contributed by atoms with Crippen molar-refractivity contribution in [3.8, 4) is 0 Å². The van der Waals surface area contributed by atoms with Crippen LogP contribution in [0.15, 0.2) is 30.5 Å². The van der Waals surface area contributed by atoms with Gasteiger partial charge in [-0.05, 0) is 30.3 Å². The molecule has 0 radical (unpaired) electrons. The van der Waals surface area contributed by atoms with Gasteiger partial charge in [-0.3, -0.25) is 0 Å². The SMILES string of the molecule is O=S1(=O)C[C@@H]2NC(=S)N(CCc3c[nH]c4ccccc34)[C@@H]2C1. The molecule has 0 saturated carbocycles. The second-order valence-electron chi connectivity index (χ2n) is 6.00. The summed E-state index contributed by atoms with van der Waals surface area (Å²) in [5, 5.41) is 5.06. The number of H-pyrrole nitrogens is 1. The Kier molecular flexibility index (Phi) is 3.16. The molecule has 116 valence electrons. The predicted octanol–water partition coefficient (Wildman–Crippen LogP) is 1.07. The maximum absolute atomic E-state index is 11.8. The average molecular weight is 335 g/mol. The Morgan fingerprint density at radius 3 is 2.95 bits per heavy atom. The lowest BCUT2D eigenvalue weighted by molar-refractivity contribution is 0.358. The third-order valence-corrected chi connectivity index (χ3v) is 6.66. The van der Waals surface area contributed by atoms with Crippen LogP contribution in [0.3, 0.4) is 0 Å². The summed E-state index contributed by atoms with van der Waals surface area (Å²) >= 11 is 5.37. The smallest absolute Gasteiger partial charge is 0.169 e. The topological polar surface area (TPSA) is 65.2 Å². The number of fused-ring (bicyclic) bond motifs is 2. The highest BCUT2D eigenvalue weighted by Gasteiger charge is 2.46. The summed E-state index contributed by atoms with van der Waals surface area (Å²) in [6.45, 7) is 0.740. The summed E-state index contributed by atoms with van der Waals surface area (Å²) in [5.41, 5.74) is 2.36. The quantitative estimate of drug-likeness (QED) is 0.822. The molecule has 1 aromatic carbocycles. The number of aromatic nitrogens is 1. The molecule has 1 aromatic heterocycles. The van der Waals surface area contributed by atoms with Crippen LogP contribution in [0, 0.1) is 0 Å². The van der Waals surface area contributed by atoms with Crippen molar-refractivity contribution < 1.29 is 8.42 Å². The molecular weight excluding hydrogens is 318 g/mol. The van der Waals surface area contributed by atoms with Crippen molar-refractivity contribution in [1.29, 1.82) is 0 Å². The summed E-state index contributed by atoms with van der Waals surface area (Å²) < 4.78 is 23.6. The fourth-order valence-electron chi connectivity index (χ4n) is 3.51. The van der Waals surface area contributed by atoms with E-state index in [2.05, 4.69) is 22.4 Å². The van der Waals surface area contributed by atoms with Crippen LogP contribution in [0.5, 0.6) is 0 Å². The third-order valence-electron chi connectivity index (χ3n) is 4.59.